The molecule has 1 aliphatic heterocycles. The number of fused-ring (bicyclic) bond motifs is 2. The molecule has 1 fully saturated rings. The molecular weight excluding hydrogens is 474 g/mol. The van der Waals surface area contributed by atoms with E-state index in [1.165, 1.54) is 18.0 Å². The van der Waals surface area contributed by atoms with Crippen LogP contribution < -0.4 is 15.5 Å². The van der Waals surface area contributed by atoms with Crippen LogP contribution in [0.15, 0.2) is 75.1 Å². The molecule has 36 heavy (non-hydrogen) atoms. The number of hydrogen-bond acceptors (Lipinski definition) is 5. The molecular formula is C28H29N3O4S. The predicted octanol–water partition coefficient (Wildman–Crippen LogP) is 5.73. The Balaban J connectivity index is 1.42. The lowest BCUT2D eigenvalue weighted by Gasteiger charge is -2.29. The van der Waals surface area contributed by atoms with E-state index in [9.17, 15) is 14.4 Å². The van der Waals surface area contributed by atoms with E-state index in [-0.39, 0.29) is 29.5 Å². The Morgan fingerprint density at radius 1 is 1.03 bits per heavy atom. The minimum Gasteiger partial charge on any atom is -0.459 e. The van der Waals surface area contributed by atoms with Crippen molar-refractivity contribution >= 4 is 40.9 Å². The maximum absolute atomic E-state index is 13.6. The summed E-state index contributed by atoms with van der Waals surface area (Å²) in [6, 6.07) is 16.0. The highest BCUT2D eigenvalue weighted by Crippen LogP contribution is 2.44. The predicted molar refractivity (Wildman–Crippen MR) is 140 cm³/mol. The van der Waals surface area contributed by atoms with Gasteiger partial charge in [-0.1, -0.05) is 50.6 Å². The van der Waals surface area contributed by atoms with Gasteiger partial charge < -0.3 is 20.0 Å². The lowest BCUT2D eigenvalue weighted by Crippen LogP contribution is -2.47. The number of furan rings is 1. The van der Waals surface area contributed by atoms with Crippen LogP contribution >= 0.6 is 11.8 Å². The Labute approximate surface area is 214 Å². The lowest BCUT2D eigenvalue weighted by atomic mass is 10.0. The van der Waals surface area contributed by atoms with Crippen LogP contribution in [0.1, 0.15) is 60.4 Å². The maximum atomic E-state index is 13.6. The molecule has 0 saturated heterocycles. The van der Waals surface area contributed by atoms with Gasteiger partial charge in [-0.3, -0.25) is 14.4 Å². The number of nitrogens with zero attached hydrogens (tertiary/aromatic N) is 1. The monoisotopic (exact) mass is 503 g/mol. The van der Waals surface area contributed by atoms with Crippen LogP contribution in [0.25, 0.3) is 0 Å². The summed E-state index contributed by atoms with van der Waals surface area (Å²) in [4.78, 5) is 43.1. The molecule has 3 amide bonds. The molecule has 2 aromatic carbocycles. The van der Waals surface area contributed by atoms with Crippen molar-refractivity contribution in [2.24, 2.45) is 5.92 Å². The highest BCUT2D eigenvalue weighted by molar-refractivity contribution is 7.99. The van der Waals surface area contributed by atoms with Crippen molar-refractivity contribution in [1.29, 1.82) is 0 Å². The van der Waals surface area contributed by atoms with Crippen LogP contribution in [0.2, 0.25) is 0 Å². The lowest BCUT2D eigenvalue weighted by molar-refractivity contribution is -0.118. The maximum Gasteiger partial charge on any atom is 0.287 e. The Morgan fingerprint density at radius 2 is 1.81 bits per heavy atom. The average molecular weight is 504 g/mol. The van der Waals surface area contributed by atoms with Crippen molar-refractivity contribution < 1.29 is 18.8 Å². The fourth-order valence-electron chi connectivity index (χ4n) is 4.86. The molecule has 2 aliphatic rings. The first kappa shape index (κ1) is 24.2. The van der Waals surface area contributed by atoms with Crippen molar-refractivity contribution in [1.82, 2.24) is 5.32 Å². The normalized spacial score (nSPS) is 16.3. The molecule has 2 heterocycles. The summed E-state index contributed by atoms with van der Waals surface area (Å²) in [6.45, 7) is 3.75. The van der Waals surface area contributed by atoms with Gasteiger partial charge in [-0.05, 0) is 61.2 Å². The van der Waals surface area contributed by atoms with E-state index in [1.807, 2.05) is 61.2 Å². The minimum atomic E-state index is -0.744. The number of hydrogen-bond donors (Lipinski definition) is 2. The van der Waals surface area contributed by atoms with Crippen LogP contribution in [0.5, 0.6) is 0 Å². The van der Waals surface area contributed by atoms with E-state index in [2.05, 4.69) is 10.6 Å². The zero-order valence-electron chi connectivity index (χ0n) is 20.3. The van der Waals surface area contributed by atoms with E-state index in [0.717, 1.165) is 41.2 Å². The molecule has 1 saturated carbocycles. The first-order chi connectivity index (χ1) is 17.4. The summed E-state index contributed by atoms with van der Waals surface area (Å²) in [7, 11) is 0. The van der Waals surface area contributed by atoms with Crippen molar-refractivity contribution in [3.8, 4) is 0 Å². The van der Waals surface area contributed by atoms with Gasteiger partial charge in [-0.15, -0.1) is 0 Å². The van der Waals surface area contributed by atoms with E-state index in [0.29, 0.717) is 11.3 Å². The van der Waals surface area contributed by atoms with Gasteiger partial charge in [0.25, 0.3) is 11.8 Å². The number of nitrogens with one attached hydrogen (secondary N) is 2. The largest absolute Gasteiger partial charge is 0.459 e. The summed E-state index contributed by atoms with van der Waals surface area (Å²) < 4.78 is 5.16. The zero-order valence-corrected chi connectivity index (χ0v) is 21.1. The molecule has 1 aromatic heterocycles. The molecule has 0 spiro atoms. The Morgan fingerprint density at radius 3 is 2.53 bits per heavy atom. The fourth-order valence-corrected chi connectivity index (χ4v) is 5.97. The number of rotatable bonds is 6. The topological polar surface area (TPSA) is 91.6 Å². The molecule has 1 unspecified atom stereocenters. The van der Waals surface area contributed by atoms with Crippen LogP contribution in [-0.2, 0) is 4.79 Å². The van der Waals surface area contributed by atoms with Gasteiger partial charge in [0.1, 0.15) is 6.04 Å². The third-order valence-electron chi connectivity index (χ3n) is 6.71. The third kappa shape index (κ3) is 4.78. The first-order valence-electron chi connectivity index (χ1n) is 12.3. The second-order valence-corrected chi connectivity index (χ2v) is 10.6. The quantitative estimate of drug-likeness (QED) is 0.448. The SMILES string of the molecule is CC(C)C(NC(=O)c1ccco1)C(=O)Nc1ccc2c(c1)Sc1ccccc1C(=O)N2C1CCCC1. The van der Waals surface area contributed by atoms with Crippen LogP contribution in [0, 0.1) is 5.92 Å². The van der Waals surface area contributed by atoms with E-state index in [4.69, 9.17) is 4.42 Å². The highest BCUT2D eigenvalue weighted by Gasteiger charge is 2.34. The number of amides is 3. The van der Waals surface area contributed by atoms with Gasteiger partial charge in [-0.2, -0.15) is 0 Å². The molecule has 7 nitrogen and oxygen atoms in total. The van der Waals surface area contributed by atoms with Crippen molar-refractivity contribution in [3.05, 3.63) is 72.2 Å². The smallest absolute Gasteiger partial charge is 0.287 e. The number of anilines is 2. The summed E-state index contributed by atoms with van der Waals surface area (Å²) in [5.74, 6) is -0.700. The summed E-state index contributed by atoms with van der Waals surface area (Å²) >= 11 is 1.54. The summed E-state index contributed by atoms with van der Waals surface area (Å²) in [5, 5.41) is 5.73. The Bertz CT molecular complexity index is 1280. The highest BCUT2D eigenvalue weighted by atomic mass is 32.2. The molecule has 0 bridgehead atoms. The molecule has 3 aromatic rings. The molecule has 1 atom stereocenters. The number of carbonyl (C=O) groups excluding carboxylic acids is 3. The first-order valence-corrected chi connectivity index (χ1v) is 13.1. The molecule has 8 heteroatoms. The van der Waals surface area contributed by atoms with E-state index < -0.39 is 11.9 Å². The van der Waals surface area contributed by atoms with Crippen molar-refractivity contribution in [2.45, 2.75) is 61.4 Å². The van der Waals surface area contributed by atoms with Gasteiger partial charge >= 0.3 is 0 Å². The summed E-state index contributed by atoms with van der Waals surface area (Å²) in [5.41, 5.74) is 2.19. The van der Waals surface area contributed by atoms with Crippen LogP contribution in [0.4, 0.5) is 11.4 Å². The van der Waals surface area contributed by atoms with E-state index >= 15 is 0 Å². The van der Waals surface area contributed by atoms with Gasteiger partial charge in [-0.25, -0.2) is 0 Å². The third-order valence-corrected chi connectivity index (χ3v) is 7.84. The second kappa shape index (κ2) is 10.2. The van der Waals surface area contributed by atoms with Gasteiger partial charge in [0.2, 0.25) is 5.91 Å². The van der Waals surface area contributed by atoms with Gasteiger partial charge in [0, 0.05) is 21.5 Å². The van der Waals surface area contributed by atoms with Gasteiger partial charge in [0.05, 0.1) is 17.5 Å². The van der Waals surface area contributed by atoms with Gasteiger partial charge in [0.15, 0.2) is 5.76 Å². The number of benzene rings is 2. The van der Waals surface area contributed by atoms with Crippen molar-refractivity contribution in [3.63, 3.8) is 0 Å². The molecule has 5 rings (SSSR count). The van der Waals surface area contributed by atoms with E-state index in [1.54, 1.807) is 12.1 Å². The molecule has 186 valence electrons. The standard InChI is InChI=1S/C28H29N3O4S/c1-17(2)25(30-26(32)22-11-7-15-35-22)27(33)29-18-13-14-21-24(16-18)36-23-12-6-5-10-20(23)28(34)31(21)19-8-3-4-9-19/h5-7,10-17,19,25H,3-4,8-9H2,1-2H3,(H,29,33)(H,30,32). The summed E-state index contributed by atoms with van der Waals surface area (Å²) in [6.07, 6.45) is 5.63. The van der Waals surface area contributed by atoms with Crippen molar-refractivity contribution in [2.75, 3.05) is 10.2 Å². The molecule has 2 N–H and O–H groups in total. The Kier molecular flexibility index (Phi) is 6.87. The Hall–Kier alpha value is -3.52. The average Bonchev–Trinajstić information content (AvgIpc) is 3.57. The minimum absolute atomic E-state index is 0.0287. The van der Waals surface area contributed by atoms with Crippen LogP contribution in [0.3, 0.4) is 0 Å². The fraction of sp³-hybridized carbons (Fsp3) is 0.321. The zero-order chi connectivity index (χ0) is 25.2. The molecule has 1 aliphatic carbocycles. The molecule has 0 radical (unpaired) electrons. The second-order valence-electron chi connectivity index (χ2n) is 9.56. The van der Waals surface area contributed by atoms with Crippen LogP contribution in [-0.4, -0.2) is 29.8 Å². The number of carbonyl (C=O) groups is 3.